The molecule has 0 aliphatic carbocycles. The highest BCUT2D eigenvalue weighted by molar-refractivity contribution is 9.10. The molecule has 0 amide bonds. The molecule has 2 rings (SSSR count). The number of hydrogen-bond acceptors (Lipinski definition) is 3. The molecule has 0 atom stereocenters. The van der Waals surface area contributed by atoms with Gasteiger partial charge in [0, 0.05) is 23.8 Å². The summed E-state index contributed by atoms with van der Waals surface area (Å²) in [5.74, 6) is 0.999. The molecular formula is C15H18BrN3. The zero-order valence-electron chi connectivity index (χ0n) is 10.8. The third-order valence-electron chi connectivity index (χ3n) is 2.89. The Hall–Kier alpha value is -1.39. The summed E-state index contributed by atoms with van der Waals surface area (Å²) in [7, 11) is 0. The van der Waals surface area contributed by atoms with Gasteiger partial charge in [-0.3, -0.25) is 0 Å². The second-order valence-electron chi connectivity index (χ2n) is 4.38. The first-order chi connectivity index (χ1) is 9.29. The van der Waals surface area contributed by atoms with E-state index in [9.17, 15) is 0 Å². The van der Waals surface area contributed by atoms with Crippen molar-refractivity contribution in [3.05, 3.63) is 58.7 Å². The molecule has 1 aromatic carbocycles. The maximum Gasteiger partial charge on any atom is 0.128 e. The molecular weight excluding hydrogens is 302 g/mol. The van der Waals surface area contributed by atoms with Crippen LogP contribution in [0.2, 0.25) is 0 Å². The van der Waals surface area contributed by atoms with E-state index >= 15 is 0 Å². The van der Waals surface area contributed by atoms with Crippen molar-refractivity contribution in [2.75, 3.05) is 18.0 Å². The zero-order chi connectivity index (χ0) is 13.5. The molecule has 2 N–H and O–H groups in total. The van der Waals surface area contributed by atoms with Gasteiger partial charge in [0.1, 0.15) is 5.82 Å². The Labute approximate surface area is 122 Å². The lowest BCUT2D eigenvalue weighted by Gasteiger charge is -2.23. The number of pyridine rings is 1. The Bertz CT molecular complexity index is 485. The van der Waals surface area contributed by atoms with Crippen molar-refractivity contribution in [2.24, 2.45) is 5.73 Å². The van der Waals surface area contributed by atoms with E-state index < -0.39 is 0 Å². The molecule has 1 aromatic heterocycles. The van der Waals surface area contributed by atoms with Crippen LogP contribution in [0.15, 0.2) is 53.1 Å². The van der Waals surface area contributed by atoms with Crippen LogP contribution in [0.4, 0.5) is 5.82 Å². The third kappa shape index (κ3) is 4.33. The second kappa shape index (κ2) is 7.26. The lowest BCUT2D eigenvalue weighted by molar-refractivity contribution is 0.726. The summed E-state index contributed by atoms with van der Waals surface area (Å²) in [5, 5.41) is 0. The molecule has 0 radical (unpaired) electrons. The van der Waals surface area contributed by atoms with Crippen molar-refractivity contribution in [2.45, 2.75) is 13.0 Å². The van der Waals surface area contributed by atoms with Gasteiger partial charge in [-0.15, -0.1) is 0 Å². The van der Waals surface area contributed by atoms with Crippen molar-refractivity contribution in [1.29, 1.82) is 0 Å². The highest BCUT2D eigenvalue weighted by Crippen LogP contribution is 2.16. The Morgan fingerprint density at radius 3 is 2.53 bits per heavy atom. The third-order valence-corrected chi connectivity index (χ3v) is 3.42. The van der Waals surface area contributed by atoms with Crippen LogP contribution in [0.25, 0.3) is 0 Å². The molecule has 1 heterocycles. The number of benzene rings is 1. The fourth-order valence-electron chi connectivity index (χ4n) is 1.91. The van der Waals surface area contributed by atoms with Crippen LogP contribution >= 0.6 is 15.9 Å². The number of nitrogens with zero attached hydrogens (tertiary/aromatic N) is 2. The topological polar surface area (TPSA) is 42.1 Å². The lowest BCUT2D eigenvalue weighted by Crippen LogP contribution is -2.26. The van der Waals surface area contributed by atoms with Crippen molar-refractivity contribution in [1.82, 2.24) is 4.98 Å². The molecule has 0 fully saturated rings. The average Bonchev–Trinajstić information content (AvgIpc) is 2.46. The quantitative estimate of drug-likeness (QED) is 0.889. The largest absolute Gasteiger partial charge is 0.352 e. The van der Waals surface area contributed by atoms with Crippen molar-refractivity contribution < 1.29 is 0 Å². The van der Waals surface area contributed by atoms with Gasteiger partial charge >= 0.3 is 0 Å². The number of rotatable bonds is 6. The van der Waals surface area contributed by atoms with Crippen LogP contribution in [-0.2, 0) is 6.54 Å². The maximum atomic E-state index is 5.61. The molecule has 0 saturated carbocycles. The van der Waals surface area contributed by atoms with Gasteiger partial charge in [-0.05, 0) is 42.8 Å². The number of nitrogens with two attached hydrogens (primary N) is 1. The summed E-state index contributed by atoms with van der Waals surface area (Å²) < 4.78 is 1.10. The van der Waals surface area contributed by atoms with E-state index in [4.69, 9.17) is 5.73 Å². The summed E-state index contributed by atoms with van der Waals surface area (Å²) in [4.78, 5) is 6.68. The SMILES string of the molecule is NCCCN(Cc1ccc(Br)cc1)c1ccccn1. The Morgan fingerprint density at radius 1 is 1.11 bits per heavy atom. The van der Waals surface area contributed by atoms with E-state index in [0.717, 1.165) is 29.8 Å². The smallest absolute Gasteiger partial charge is 0.128 e. The first-order valence-electron chi connectivity index (χ1n) is 6.40. The highest BCUT2D eigenvalue weighted by atomic mass is 79.9. The van der Waals surface area contributed by atoms with Crippen LogP contribution in [-0.4, -0.2) is 18.1 Å². The summed E-state index contributed by atoms with van der Waals surface area (Å²) in [6.45, 7) is 2.47. The minimum absolute atomic E-state index is 0.698. The van der Waals surface area contributed by atoms with E-state index in [1.165, 1.54) is 5.56 Å². The van der Waals surface area contributed by atoms with Crippen LogP contribution in [0.1, 0.15) is 12.0 Å². The molecule has 0 bridgehead atoms. The predicted molar refractivity (Wildman–Crippen MR) is 83.1 cm³/mol. The van der Waals surface area contributed by atoms with Crippen LogP contribution in [0, 0.1) is 0 Å². The monoisotopic (exact) mass is 319 g/mol. The summed E-state index contributed by atoms with van der Waals surface area (Å²) in [5.41, 5.74) is 6.88. The Balaban J connectivity index is 2.11. The standard InChI is InChI=1S/C15H18BrN3/c16-14-7-5-13(6-8-14)12-19(11-3-9-17)15-4-1-2-10-18-15/h1-2,4-8,10H,3,9,11-12,17H2. The van der Waals surface area contributed by atoms with Gasteiger partial charge < -0.3 is 10.6 Å². The van der Waals surface area contributed by atoms with E-state index in [-0.39, 0.29) is 0 Å². The van der Waals surface area contributed by atoms with Gasteiger partial charge in [0.05, 0.1) is 0 Å². The minimum atomic E-state index is 0.698. The van der Waals surface area contributed by atoms with E-state index in [0.29, 0.717) is 6.54 Å². The second-order valence-corrected chi connectivity index (χ2v) is 5.29. The van der Waals surface area contributed by atoms with Crippen molar-refractivity contribution >= 4 is 21.7 Å². The number of anilines is 1. The van der Waals surface area contributed by atoms with Gasteiger partial charge in [0.2, 0.25) is 0 Å². The molecule has 19 heavy (non-hydrogen) atoms. The van der Waals surface area contributed by atoms with Crippen LogP contribution in [0.3, 0.4) is 0 Å². The van der Waals surface area contributed by atoms with E-state index in [2.05, 4.69) is 50.1 Å². The van der Waals surface area contributed by atoms with Gasteiger partial charge in [0.15, 0.2) is 0 Å². The zero-order valence-corrected chi connectivity index (χ0v) is 12.4. The van der Waals surface area contributed by atoms with E-state index in [1.54, 1.807) is 0 Å². The first kappa shape index (κ1) is 14.0. The Morgan fingerprint density at radius 2 is 1.89 bits per heavy atom. The molecule has 4 heteroatoms. The molecule has 100 valence electrons. The van der Waals surface area contributed by atoms with Gasteiger partial charge in [-0.25, -0.2) is 4.98 Å². The van der Waals surface area contributed by atoms with Gasteiger partial charge in [-0.1, -0.05) is 34.1 Å². The fourth-order valence-corrected chi connectivity index (χ4v) is 2.17. The number of hydrogen-bond donors (Lipinski definition) is 1. The maximum absolute atomic E-state index is 5.61. The minimum Gasteiger partial charge on any atom is -0.352 e. The highest BCUT2D eigenvalue weighted by Gasteiger charge is 2.07. The lowest BCUT2D eigenvalue weighted by atomic mass is 10.2. The summed E-state index contributed by atoms with van der Waals surface area (Å²) in [6.07, 6.45) is 2.79. The molecule has 3 nitrogen and oxygen atoms in total. The normalized spacial score (nSPS) is 10.4. The van der Waals surface area contributed by atoms with Crippen LogP contribution in [0.5, 0.6) is 0 Å². The Kier molecular flexibility index (Phi) is 5.36. The molecule has 0 aliphatic heterocycles. The van der Waals surface area contributed by atoms with Gasteiger partial charge in [0.25, 0.3) is 0 Å². The van der Waals surface area contributed by atoms with Crippen LogP contribution < -0.4 is 10.6 Å². The molecule has 0 saturated heterocycles. The van der Waals surface area contributed by atoms with E-state index in [1.807, 2.05) is 24.4 Å². The van der Waals surface area contributed by atoms with Crippen molar-refractivity contribution in [3.8, 4) is 0 Å². The first-order valence-corrected chi connectivity index (χ1v) is 7.19. The van der Waals surface area contributed by atoms with Crippen molar-refractivity contribution in [3.63, 3.8) is 0 Å². The molecule has 0 aliphatic rings. The molecule has 2 aromatic rings. The fraction of sp³-hybridized carbons (Fsp3) is 0.267. The number of aromatic nitrogens is 1. The summed E-state index contributed by atoms with van der Waals surface area (Å²) >= 11 is 3.46. The average molecular weight is 320 g/mol. The molecule has 0 unspecified atom stereocenters. The predicted octanol–water partition coefficient (Wildman–Crippen LogP) is 3.20. The summed E-state index contributed by atoms with van der Waals surface area (Å²) in [6, 6.07) is 14.4. The number of halogens is 1. The van der Waals surface area contributed by atoms with Gasteiger partial charge in [-0.2, -0.15) is 0 Å². The molecule has 0 spiro atoms.